The molecule has 2 aromatic rings. The summed E-state index contributed by atoms with van der Waals surface area (Å²) < 4.78 is 27.0. The Balaban J connectivity index is 2.45. The molecule has 0 aliphatic heterocycles. The average molecular weight is 366 g/mol. The largest absolute Gasteiger partial charge is 0.480 e. The number of carbonyl (C=O) groups is 1. The number of hydrogen-bond donors (Lipinski definition) is 0. The molecule has 0 N–H and O–H groups in total. The normalized spacial score (nSPS) is 12.3. The lowest BCUT2D eigenvalue weighted by atomic mass is 9.97. The maximum absolute atomic E-state index is 14.5. The first-order valence-electron chi connectivity index (χ1n) is 8.39. The quantitative estimate of drug-likeness (QED) is 0.696. The number of tetrazole rings is 1. The summed E-state index contributed by atoms with van der Waals surface area (Å²) in [5.41, 5.74) is 0.135. The van der Waals surface area contributed by atoms with Gasteiger partial charge >= 0.3 is 11.7 Å². The van der Waals surface area contributed by atoms with E-state index in [0.717, 1.165) is 15.4 Å². The summed E-state index contributed by atoms with van der Waals surface area (Å²) in [7, 11) is 1.45. The van der Waals surface area contributed by atoms with Gasteiger partial charge in [-0.1, -0.05) is 13.8 Å². The molecule has 1 aromatic carbocycles. The lowest BCUT2D eigenvalue weighted by Gasteiger charge is -2.16. The van der Waals surface area contributed by atoms with Crippen LogP contribution in [-0.2, 0) is 16.6 Å². The van der Waals surface area contributed by atoms with Gasteiger partial charge in [0.15, 0.2) is 6.61 Å². The van der Waals surface area contributed by atoms with Crippen LogP contribution >= 0.6 is 0 Å². The van der Waals surface area contributed by atoms with E-state index in [0.29, 0.717) is 12.0 Å². The standard InChI is InChI=1S/C17H23FN4O4/c1-6-11(4)12-7-14(22-17(24)21(5)19-20-22)15(8-13(12)18)25-9-16(23)26-10(2)3/h7-8,10-11H,6,9H2,1-5H3. The van der Waals surface area contributed by atoms with Crippen molar-refractivity contribution in [3.63, 3.8) is 0 Å². The number of hydrogen-bond acceptors (Lipinski definition) is 6. The number of carbonyl (C=O) groups excluding carboxylic acids is 1. The highest BCUT2D eigenvalue weighted by Gasteiger charge is 2.20. The number of esters is 1. The molecule has 26 heavy (non-hydrogen) atoms. The van der Waals surface area contributed by atoms with Crippen LogP contribution in [0, 0.1) is 5.82 Å². The van der Waals surface area contributed by atoms with Crippen LogP contribution in [-0.4, -0.2) is 38.5 Å². The second kappa shape index (κ2) is 8.11. The van der Waals surface area contributed by atoms with Gasteiger partial charge in [0.05, 0.1) is 6.10 Å². The molecule has 1 atom stereocenters. The van der Waals surface area contributed by atoms with Crippen molar-refractivity contribution in [2.75, 3.05) is 6.61 Å². The van der Waals surface area contributed by atoms with Crippen molar-refractivity contribution in [3.8, 4) is 11.4 Å². The van der Waals surface area contributed by atoms with Crippen LogP contribution in [0.5, 0.6) is 5.75 Å². The lowest BCUT2D eigenvalue weighted by molar-refractivity contribution is -0.149. The second-order valence-electron chi connectivity index (χ2n) is 6.27. The van der Waals surface area contributed by atoms with Crippen molar-refractivity contribution < 1.29 is 18.7 Å². The molecule has 142 valence electrons. The predicted molar refractivity (Wildman–Crippen MR) is 92.0 cm³/mol. The fourth-order valence-corrected chi connectivity index (χ4v) is 2.34. The minimum Gasteiger partial charge on any atom is -0.480 e. The third-order valence-corrected chi connectivity index (χ3v) is 3.88. The highest BCUT2D eigenvalue weighted by molar-refractivity contribution is 5.71. The first kappa shape index (κ1) is 19.6. The van der Waals surface area contributed by atoms with Gasteiger partial charge in [-0.25, -0.2) is 14.0 Å². The van der Waals surface area contributed by atoms with Gasteiger partial charge in [0.1, 0.15) is 17.3 Å². The Morgan fingerprint density at radius 2 is 1.96 bits per heavy atom. The van der Waals surface area contributed by atoms with Crippen LogP contribution in [0.15, 0.2) is 16.9 Å². The molecule has 0 bridgehead atoms. The van der Waals surface area contributed by atoms with Crippen LogP contribution in [0.2, 0.25) is 0 Å². The van der Waals surface area contributed by atoms with Crippen LogP contribution in [0.4, 0.5) is 4.39 Å². The molecule has 0 spiro atoms. The molecule has 8 nitrogen and oxygen atoms in total. The van der Waals surface area contributed by atoms with Crippen molar-refractivity contribution >= 4 is 5.97 Å². The van der Waals surface area contributed by atoms with Crippen LogP contribution in [0.1, 0.15) is 45.6 Å². The summed E-state index contributed by atoms with van der Waals surface area (Å²) >= 11 is 0. The minimum atomic E-state index is -0.594. The molecule has 0 saturated heterocycles. The Morgan fingerprint density at radius 1 is 1.27 bits per heavy atom. The van der Waals surface area contributed by atoms with E-state index in [1.54, 1.807) is 13.8 Å². The number of aromatic nitrogens is 4. The number of halogens is 1. The second-order valence-corrected chi connectivity index (χ2v) is 6.27. The maximum Gasteiger partial charge on any atom is 0.368 e. The topological polar surface area (TPSA) is 88.2 Å². The van der Waals surface area contributed by atoms with E-state index in [-0.39, 0.29) is 23.5 Å². The van der Waals surface area contributed by atoms with Gasteiger partial charge in [-0.05, 0) is 48.2 Å². The number of benzene rings is 1. The highest BCUT2D eigenvalue weighted by Crippen LogP contribution is 2.30. The highest BCUT2D eigenvalue weighted by atomic mass is 19.1. The Kier molecular flexibility index (Phi) is 6.12. The van der Waals surface area contributed by atoms with E-state index in [9.17, 15) is 14.0 Å². The summed E-state index contributed by atoms with van der Waals surface area (Å²) in [5, 5.41) is 7.44. The molecular formula is C17H23FN4O4. The summed E-state index contributed by atoms with van der Waals surface area (Å²) in [6, 6.07) is 2.66. The average Bonchev–Trinajstić information content (AvgIpc) is 2.91. The van der Waals surface area contributed by atoms with Gasteiger partial charge in [-0.15, -0.1) is 0 Å². The summed E-state index contributed by atoms with van der Waals surface area (Å²) in [6.07, 6.45) is 0.421. The zero-order chi connectivity index (χ0) is 19.4. The SMILES string of the molecule is CCC(C)c1cc(-n2nnn(C)c2=O)c(OCC(=O)OC(C)C)cc1F. The minimum absolute atomic E-state index is 0.0119. The summed E-state index contributed by atoms with van der Waals surface area (Å²) in [6.45, 7) is 6.82. The van der Waals surface area contributed by atoms with Crippen molar-refractivity contribution in [1.29, 1.82) is 0 Å². The van der Waals surface area contributed by atoms with Crippen LogP contribution < -0.4 is 10.4 Å². The molecule has 1 heterocycles. The fraction of sp³-hybridized carbons (Fsp3) is 0.529. The zero-order valence-electron chi connectivity index (χ0n) is 15.5. The van der Waals surface area contributed by atoms with Crippen molar-refractivity contribution in [1.82, 2.24) is 19.8 Å². The van der Waals surface area contributed by atoms with E-state index >= 15 is 0 Å². The van der Waals surface area contributed by atoms with E-state index in [1.165, 1.54) is 13.1 Å². The Hall–Kier alpha value is -2.71. The molecule has 0 fully saturated rings. The van der Waals surface area contributed by atoms with Gasteiger partial charge in [0, 0.05) is 13.1 Å². The lowest BCUT2D eigenvalue weighted by Crippen LogP contribution is -2.24. The molecular weight excluding hydrogens is 343 g/mol. The number of nitrogens with zero attached hydrogens (tertiary/aromatic N) is 4. The molecule has 1 unspecified atom stereocenters. The Morgan fingerprint density at radius 3 is 2.50 bits per heavy atom. The first-order chi connectivity index (χ1) is 12.2. The molecule has 1 aromatic heterocycles. The maximum atomic E-state index is 14.5. The molecule has 0 saturated carbocycles. The first-order valence-corrected chi connectivity index (χ1v) is 8.39. The van der Waals surface area contributed by atoms with Crippen molar-refractivity contribution in [2.45, 2.75) is 46.1 Å². The summed E-state index contributed by atoms with van der Waals surface area (Å²) in [4.78, 5) is 23.9. The number of ether oxygens (including phenoxy) is 2. The van der Waals surface area contributed by atoms with E-state index < -0.39 is 24.1 Å². The molecule has 0 radical (unpaired) electrons. The van der Waals surface area contributed by atoms with Gasteiger partial charge in [-0.3, -0.25) is 0 Å². The van der Waals surface area contributed by atoms with Crippen LogP contribution in [0.25, 0.3) is 5.69 Å². The zero-order valence-corrected chi connectivity index (χ0v) is 15.5. The number of aryl methyl sites for hydroxylation is 1. The number of rotatable bonds is 7. The van der Waals surface area contributed by atoms with E-state index in [2.05, 4.69) is 10.4 Å². The molecule has 2 rings (SSSR count). The molecule has 9 heteroatoms. The van der Waals surface area contributed by atoms with E-state index in [4.69, 9.17) is 9.47 Å². The summed E-state index contributed by atoms with van der Waals surface area (Å²) in [5.74, 6) is -1.13. The molecule has 0 aliphatic carbocycles. The predicted octanol–water partition coefficient (Wildman–Crippen LogP) is 1.95. The smallest absolute Gasteiger partial charge is 0.368 e. The molecule has 0 amide bonds. The van der Waals surface area contributed by atoms with Crippen molar-refractivity contribution in [3.05, 3.63) is 34.0 Å². The Bertz CT molecular complexity index is 844. The third-order valence-electron chi connectivity index (χ3n) is 3.88. The van der Waals surface area contributed by atoms with Gasteiger partial charge < -0.3 is 9.47 Å². The van der Waals surface area contributed by atoms with E-state index in [1.807, 2.05) is 13.8 Å². The van der Waals surface area contributed by atoms with Gasteiger partial charge in [0.2, 0.25) is 0 Å². The van der Waals surface area contributed by atoms with Gasteiger partial charge in [0.25, 0.3) is 0 Å². The van der Waals surface area contributed by atoms with Gasteiger partial charge in [-0.2, -0.15) is 9.36 Å². The molecule has 0 aliphatic rings. The third kappa shape index (κ3) is 4.27. The van der Waals surface area contributed by atoms with Crippen LogP contribution in [0.3, 0.4) is 0 Å². The Labute approximate surface area is 150 Å². The monoisotopic (exact) mass is 366 g/mol. The van der Waals surface area contributed by atoms with Crippen molar-refractivity contribution in [2.24, 2.45) is 7.05 Å². The fourth-order valence-electron chi connectivity index (χ4n) is 2.34.